The van der Waals surface area contributed by atoms with E-state index in [1.165, 1.54) is 13.2 Å². The van der Waals surface area contributed by atoms with Gasteiger partial charge in [-0.3, -0.25) is 0 Å². The van der Waals surface area contributed by atoms with E-state index in [4.69, 9.17) is 13.7 Å². The monoisotopic (exact) mass is 502 g/mol. The maximum atomic E-state index is 13.2. The molecule has 0 atom stereocenters. The summed E-state index contributed by atoms with van der Waals surface area (Å²) in [6, 6.07) is 18.3. The number of rotatable bonds is 11. The van der Waals surface area contributed by atoms with Crippen LogP contribution in [0.4, 0.5) is 9.18 Å². The standard InChI is InChI=1S/C25H27FN2O6S/c1-32-15-14-28(25(29)27-17-19-6-4-3-5-7-19)18-20-8-13-23(33-2)24(16-20)34-35(30,31)22-11-9-21(26)10-12-22/h3-13,16H,14-15,17-18H2,1-2H3,(H,27,29). The van der Waals surface area contributed by atoms with Gasteiger partial charge in [0.1, 0.15) is 10.7 Å². The van der Waals surface area contributed by atoms with Crippen LogP contribution in [0.1, 0.15) is 11.1 Å². The molecular weight excluding hydrogens is 475 g/mol. The first-order valence-corrected chi connectivity index (χ1v) is 12.2. The van der Waals surface area contributed by atoms with Crippen molar-refractivity contribution in [2.45, 2.75) is 18.0 Å². The fraction of sp³-hybridized carbons (Fsp3) is 0.240. The Bertz CT molecular complexity index is 1220. The molecule has 1 N–H and O–H groups in total. The SMILES string of the molecule is COCCN(Cc1ccc(OC)c(OS(=O)(=O)c2ccc(F)cc2)c1)C(=O)NCc1ccccc1. The third kappa shape index (κ3) is 7.43. The van der Waals surface area contributed by atoms with Crippen molar-refractivity contribution < 1.29 is 31.3 Å². The molecule has 35 heavy (non-hydrogen) atoms. The van der Waals surface area contributed by atoms with Gasteiger partial charge in [0.05, 0.1) is 13.7 Å². The first-order chi connectivity index (χ1) is 16.8. The fourth-order valence-electron chi connectivity index (χ4n) is 3.21. The molecule has 0 heterocycles. The average molecular weight is 503 g/mol. The molecule has 0 unspecified atom stereocenters. The quantitative estimate of drug-likeness (QED) is 0.399. The topological polar surface area (TPSA) is 94.2 Å². The van der Waals surface area contributed by atoms with Crippen LogP contribution in [0.2, 0.25) is 0 Å². The van der Waals surface area contributed by atoms with E-state index < -0.39 is 15.9 Å². The Morgan fingerprint density at radius 3 is 2.31 bits per heavy atom. The van der Waals surface area contributed by atoms with E-state index in [0.29, 0.717) is 25.3 Å². The van der Waals surface area contributed by atoms with Crippen LogP contribution < -0.4 is 14.2 Å². The smallest absolute Gasteiger partial charge is 0.339 e. The lowest BCUT2D eigenvalue weighted by atomic mass is 10.2. The molecule has 8 nitrogen and oxygen atoms in total. The fourth-order valence-corrected chi connectivity index (χ4v) is 4.14. The Balaban J connectivity index is 1.78. The Morgan fingerprint density at radius 2 is 1.66 bits per heavy atom. The van der Waals surface area contributed by atoms with Gasteiger partial charge in [-0.05, 0) is 47.5 Å². The maximum absolute atomic E-state index is 13.2. The number of nitrogens with one attached hydrogen (secondary N) is 1. The number of hydrogen-bond donors (Lipinski definition) is 1. The van der Waals surface area contributed by atoms with E-state index in [0.717, 1.165) is 29.8 Å². The predicted octanol–water partition coefficient (Wildman–Crippen LogP) is 3.96. The van der Waals surface area contributed by atoms with Crippen LogP contribution in [0.25, 0.3) is 0 Å². The van der Waals surface area contributed by atoms with Crippen LogP contribution in [0.5, 0.6) is 11.5 Å². The minimum absolute atomic E-state index is 0.0503. The van der Waals surface area contributed by atoms with Crippen molar-refractivity contribution in [3.8, 4) is 11.5 Å². The van der Waals surface area contributed by atoms with E-state index in [1.807, 2.05) is 30.3 Å². The van der Waals surface area contributed by atoms with Crippen LogP contribution in [0, 0.1) is 5.82 Å². The lowest BCUT2D eigenvalue weighted by Crippen LogP contribution is -2.40. The highest BCUT2D eigenvalue weighted by molar-refractivity contribution is 7.87. The number of amides is 2. The third-order valence-corrected chi connectivity index (χ3v) is 6.29. The molecule has 0 saturated heterocycles. The number of methoxy groups -OCH3 is 2. The van der Waals surface area contributed by atoms with Gasteiger partial charge in [0.2, 0.25) is 0 Å². The molecule has 0 spiro atoms. The van der Waals surface area contributed by atoms with Crippen LogP contribution in [0.15, 0.2) is 77.7 Å². The summed E-state index contributed by atoms with van der Waals surface area (Å²) in [6.45, 7) is 1.15. The summed E-state index contributed by atoms with van der Waals surface area (Å²) in [7, 11) is -1.31. The van der Waals surface area contributed by atoms with E-state index in [2.05, 4.69) is 5.32 Å². The van der Waals surface area contributed by atoms with Crippen LogP contribution in [-0.4, -0.2) is 46.7 Å². The van der Waals surface area contributed by atoms with Crippen molar-refractivity contribution in [1.29, 1.82) is 0 Å². The molecule has 3 aromatic rings. The Hall–Kier alpha value is -3.63. The van der Waals surface area contributed by atoms with Crippen molar-refractivity contribution >= 4 is 16.1 Å². The van der Waals surface area contributed by atoms with E-state index in [1.54, 1.807) is 24.1 Å². The molecule has 0 saturated carbocycles. The summed E-state index contributed by atoms with van der Waals surface area (Å²) in [6.07, 6.45) is 0. The molecule has 0 aliphatic carbocycles. The normalized spacial score (nSPS) is 11.1. The zero-order valence-electron chi connectivity index (χ0n) is 19.4. The van der Waals surface area contributed by atoms with Crippen molar-refractivity contribution in [2.75, 3.05) is 27.4 Å². The molecule has 3 rings (SSSR count). The highest BCUT2D eigenvalue weighted by Gasteiger charge is 2.21. The van der Waals surface area contributed by atoms with E-state index >= 15 is 0 Å². The second kappa shape index (κ2) is 12.2. The van der Waals surface area contributed by atoms with Crippen molar-refractivity contribution in [2.24, 2.45) is 0 Å². The Kier molecular flexibility index (Phi) is 9.04. The number of carbonyl (C=O) groups is 1. The number of halogens is 1. The molecule has 0 aliphatic heterocycles. The lowest BCUT2D eigenvalue weighted by Gasteiger charge is -2.23. The molecule has 3 aromatic carbocycles. The second-order valence-electron chi connectivity index (χ2n) is 7.54. The minimum atomic E-state index is -4.24. The number of nitrogens with zero attached hydrogens (tertiary/aromatic N) is 1. The third-order valence-electron chi connectivity index (χ3n) is 5.04. The number of benzene rings is 3. The largest absolute Gasteiger partial charge is 0.493 e. The van der Waals surface area contributed by atoms with Gasteiger partial charge in [0.25, 0.3) is 0 Å². The lowest BCUT2D eigenvalue weighted by molar-refractivity contribution is 0.146. The van der Waals surface area contributed by atoms with Crippen LogP contribution in [0.3, 0.4) is 0 Å². The molecule has 0 radical (unpaired) electrons. The number of urea groups is 1. The van der Waals surface area contributed by atoms with Gasteiger partial charge in [-0.1, -0.05) is 36.4 Å². The van der Waals surface area contributed by atoms with Crippen molar-refractivity contribution in [3.63, 3.8) is 0 Å². The summed E-state index contributed by atoms with van der Waals surface area (Å²) in [5.41, 5.74) is 1.57. The van der Waals surface area contributed by atoms with Gasteiger partial charge >= 0.3 is 16.1 Å². The number of ether oxygens (including phenoxy) is 2. The Labute approximate surface area is 204 Å². The first-order valence-electron chi connectivity index (χ1n) is 10.7. The summed E-state index contributed by atoms with van der Waals surface area (Å²) in [4.78, 5) is 14.2. The summed E-state index contributed by atoms with van der Waals surface area (Å²) < 4.78 is 54.3. The molecule has 0 aliphatic rings. The van der Waals surface area contributed by atoms with Crippen LogP contribution in [-0.2, 0) is 27.9 Å². The minimum Gasteiger partial charge on any atom is -0.493 e. The second-order valence-corrected chi connectivity index (χ2v) is 9.08. The summed E-state index contributed by atoms with van der Waals surface area (Å²) in [5, 5.41) is 2.88. The molecular formula is C25H27FN2O6S. The molecule has 0 bridgehead atoms. The van der Waals surface area contributed by atoms with Gasteiger partial charge in [0, 0.05) is 26.7 Å². The average Bonchev–Trinajstić information content (AvgIpc) is 2.86. The van der Waals surface area contributed by atoms with Gasteiger partial charge in [0.15, 0.2) is 11.5 Å². The summed E-state index contributed by atoms with van der Waals surface area (Å²) >= 11 is 0. The molecule has 0 aromatic heterocycles. The van der Waals surface area contributed by atoms with Crippen LogP contribution >= 0.6 is 0 Å². The van der Waals surface area contributed by atoms with E-state index in [9.17, 15) is 17.6 Å². The van der Waals surface area contributed by atoms with E-state index in [-0.39, 0.29) is 29.0 Å². The number of hydrogen-bond acceptors (Lipinski definition) is 6. The van der Waals surface area contributed by atoms with Gasteiger partial charge in [-0.15, -0.1) is 0 Å². The summed E-state index contributed by atoms with van der Waals surface area (Å²) in [5.74, 6) is -0.424. The van der Waals surface area contributed by atoms with Crippen molar-refractivity contribution in [1.82, 2.24) is 10.2 Å². The highest BCUT2D eigenvalue weighted by atomic mass is 32.2. The van der Waals surface area contributed by atoms with Gasteiger partial charge < -0.3 is 23.9 Å². The molecule has 2 amide bonds. The van der Waals surface area contributed by atoms with Gasteiger partial charge in [-0.2, -0.15) is 8.42 Å². The van der Waals surface area contributed by atoms with Gasteiger partial charge in [-0.25, -0.2) is 9.18 Å². The molecule has 186 valence electrons. The maximum Gasteiger partial charge on any atom is 0.339 e. The predicted molar refractivity (Wildman–Crippen MR) is 128 cm³/mol. The molecule has 10 heteroatoms. The highest BCUT2D eigenvalue weighted by Crippen LogP contribution is 2.31. The Morgan fingerprint density at radius 1 is 0.943 bits per heavy atom. The molecule has 0 fully saturated rings. The first kappa shape index (κ1) is 26.0. The zero-order valence-corrected chi connectivity index (χ0v) is 20.3. The zero-order chi connectivity index (χ0) is 25.3. The van der Waals surface area contributed by atoms with Crippen molar-refractivity contribution in [3.05, 3.63) is 89.7 Å². The number of carbonyl (C=O) groups excluding carboxylic acids is 1.